The molecule has 0 aromatic heterocycles. The summed E-state index contributed by atoms with van der Waals surface area (Å²) in [6.07, 6.45) is 2.40. The van der Waals surface area contributed by atoms with Gasteiger partial charge in [-0.3, -0.25) is 4.79 Å². The molecule has 0 aromatic rings. The number of rotatable bonds is 2. The highest BCUT2D eigenvalue weighted by Gasteiger charge is 2.34. The minimum atomic E-state index is -0.703. The Kier molecular flexibility index (Phi) is 4.29. The standard InChI is InChI=1S/C11H16N2O3/c1-8(7-12)10(14)13-6-4-3-5-9(13)11(15)16-2/h8-9H,3-6H2,1-2H3. The van der Waals surface area contributed by atoms with Gasteiger partial charge in [-0.1, -0.05) is 0 Å². The van der Waals surface area contributed by atoms with E-state index in [-0.39, 0.29) is 5.91 Å². The highest BCUT2D eigenvalue weighted by atomic mass is 16.5. The summed E-state index contributed by atoms with van der Waals surface area (Å²) in [6, 6.07) is 1.38. The van der Waals surface area contributed by atoms with Crippen LogP contribution in [0.1, 0.15) is 26.2 Å². The van der Waals surface area contributed by atoms with Crippen molar-refractivity contribution in [1.29, 1.82) is 5.26 Å². The van der Waals surface area contributed by atoms with Crippen molar-refractivity contribution in [3.63, 3.8) is 0 Å². The molecule has 0 spiro atoms. The Morgan fingerprint density at radius 3 is 2.75 bits per heavy atom. The van der Waals surface area contributed by atoms with Gasteiger partial charge in [0.25, 0.3) is 0 Å². The van der Waals surface area contributed by atoms with Crippen LogP contribution in [0.2, 0.25) is 0 Å². The highest BCUT2D eigenvalue weighted by Crippen LogP contribution is 2.20. The fourth-order valence-corrected chi connectivity index (χ4v) is 1.88. The molecule has 16 heavy (non-hydrogen) atoms. The summed E-state index contributed by atoms with van der Waals surface area (Å²) in [5.41, 5.74) is 0. The van der Waals surface area contributed by atoms with Crippen molar-refractivity contribution in [3.8, 4) is 6.07 Å². The Balaban J connectivity index is 2.78. The van der Waals surface area contributed by atoms with Gasteiger partial charge < -0.3 is 9.64 Å². The summed E-state index contributed by atoms with van der Waals surface area (Å²) in [5.74, 6) is -1.37. The molecule has 2 unspecified atom stereocenters. The lowest BCUT2D eigenvalue weighted by Crippen LogP contribution is -2.50. The van der Waals surface area contributed by atoms with E-state index in [1.54, 1.807) is 6.92 Å². The Hall–Kier alpha value is -1.57. The number of hydrogen-bond donors (Lipinski definition) is 0. The molecule has 88 valence electrons. The lowest BCUT2D eigenvalue weighted by molar-refractivity contribution is -0.155. The van der Waals surface area contributed by atoms with Crippen LogP contribution in [0.4, 0.5) is 0 Å². The maximum absolute atomic E-state index is 11.9. The number of hydrogen-bond acceptors (Lipinski definition) is 4. The van der Waals surface area contributed by atoms with Crippen LogP contribution in [-0.4, -0.2) is 36.5 Å². The van der Waals surface area contributed by atoms with Crippen LogP contribution in [0, 0.1) is 17.2 Å². The van der Waals surface area contributed by atoms with Crippen LogP contribution in [0.25, 0.3) is 0 Å². The highest BCUT2D eigenvalue weighted by molar-refractivity contribution is 5.87. The predicted molar refractivity (Wildman–Crippen MR) is 56.1 cm³/mol. The van der Waals surface area contributed by atoms with Gasteiger partial charge in [0.05, 0.1) is 13.2 Å². The fraction of sp³-hybridized carbons (Fsp3) is 0.727. The summed E-state index contributed by atoms with van der Waals surface area (Å²) >= 11 is 0. The van der Waals surface area contributed by atoms with Crippen molar-refractivity contribution in [2.24, 2.45) is 5.92 Å². The minimum absolute atomic E-state index is 0.280. The third-order valence-corrected chi connectivity index (χ3v) is 2.82. The molecule has 5 nitrogen and oxygen atoms in total. The third kappa shape index (κ3) is 2.51. The van der Waals surface area contributed by atoms with Gasteiger partial charge in [0.1, 0.15) is 12.0 Å². The monoisotopic (exact) mass is 224 g/mol. The van der Waals surface area contributed by atoms with E-state index in [0.717, 1.165) is 12.8 Å². The summed E-state index contributed by atoms with van der Waals surface area (Å²) in [7, 11) is 1.31. The van der Waals surface area contributed by atoms with Gasteiger partial charge >= 0.3 is 5.97 Å². The van der Waals surface area contributed by atoms with Crippen LogP contribution >= 0.6 is 0 Å². The largest absolute Gasteiger partial charge is 0.467 e. The van der Waals surface area contributed by atoms with Crippen LogP contribution in [0.3, 0.4) is 0 Å². The van der Waals surface area contributed by atoms with Crippen molar-refractivity contribution >= 4 is 11.9 Å². The van der Waals surface area contributed by atoms with Crippen molar-refractivity contribution in [2.45, 2.75) is 32.2 Å². The van der Waals surface area contributed by atoms with Crippen molar-refractivity contribution in [1.82, 2.24) is 4.90 Å². The molecule has 1 fully saturated rings. The molecule has 5 heteroatoms. The number of ether oxygens (including phenoxy) is 1. The number of methoxy groups -OCH3 is 1. The summed E-state index contributed by atoms with van der Waals surface area (Å²) < 4.78 is 4.67. The molecular formula is C11H16N2O3. The van der Waals surface area contributed by atoms with Crippen LogP contribution in [-0.2, 0) is 14.3 Å². The number of esters is 1. The Morgan fingerprint density at radius 2 is 2.19 bits per heavy atom. The van der Waals surface area contributed by atoms with Gasteiger partial charge in [0.15, 0.2) is 0 Å². The van der Waals surface area contributed by atoms with E-state index in [9.17, 15) is 9.59 Å². The van der Waals surface area contributed by atoms with Gasteiger partial charge in [-0.25, -0.2) is 4.79 Å². The molecule has 2 atom stereocenters. The van der Waals surface area contributed by atoms with E-state index < -0.39 is 17.9 Å². The maximum Gasteiger partial charge on any atom is 0.328 e. The van der Waals surface area contributed by atoms with Crippen molar-refractivity contribution < 1.29 is 14.3 Å². The average molecular weight is 224 g/mol. The van der Waals surface area contributed by atoms with E-state index in [0.29, 0.717) is 13.0 Å². The van der Waals surface area contributed by atoms with Crippen LogP contribution in [0.5, 0.6) is 0 Å². The molecule has 1 heterocycles. The van der Waals surface area contributed by atoms with E-state index >= 15 is 0 Å². The number of carbonyl (C=O) groups is 2. The molecule has 0 bridgehead atoms. The first-order valence-corrected chi connectivity index (χ1v) is 5.39. The fourth-order valence-electron chi connectivity index (χ4n) is 1.88. The number of nitrogens with zero attached hydrogens (tertiary/aromatic N) is 2. The molecule has 1 rings (SSSR count). The van der Waals surface area contributed by atoms with E-state index in [2.05, 4.69) is 4.74 Å². The third-order valence-electron chi connectivity index (χ3n) is 2.82. The molecule has 1 saturated heterocycles. The van der Waals surface area contributed by atoms with Gasteiger partial charge in [0, 0.05) is 6.54 Å². The number of carbonyl (C=O) groups excluding carboxylic acids is 2. The minimum Gasteiger partial charge on any atom is -0.467 e. The molecule has 0 N–H and O–H groups in total. The van der Waals surface area contributed by atoms with E-state index in [4.69, 9.17) is 5.26 Å². The number of likely N-dealkylation sites (tertiary alicyclic amines) is 1. The summed E-state index contributed by atoms with van der Waals surface area (Å²) in [5, 5.41) is 8.70. The van der Waals surface area contributed by atoms with Gasteiger partial charge in [0.2, 0.25) is 5.91 Å². The van der Waals surface area contributed by atoms with Crippen molar-refractivity contribution in [2.75, 3.05) is 13.7 Å². The Bertz CT molecular complexity index is 322. The second-order valence-electron chi connectivity index (χ2n) is 3.92. The van der Waals surface area contributed by atoms with Gasteiger partial charge in [-0.05, 0) is 26.2 Å². The van der Waals surface area contributed by atoms with Crippen molar-refractivity contribution in [3.05, 3.63) is 0 Å². The zero-order valence-corrected chi connectivity index (χ0v) is 9.60. The van der Waals surface area contributed by atoms with E-state index in [1.165, 1.54) is 12.0 Å². The Morgan fingerprint density at radius 1 is 1.50 bits per heavy atom. The number of nitriles is 1. The lowest BCUT2D eigenvalue weighted by Gasteiger charge is -2.34. The first-order valence-electron chi connectivity index (χ1n) is 5.39. The maximum atomic E-state index is 11.9. The van der Waals surface area contributed by atoms with E-state index in [1.807, 2.05) is 6.07 Å². The molecule has 0 saturated carbocycles. The summed E-state index contributed by atoms with van der Waals surface area (Å²) in [6.45, 7) is 2.08. The first kappa shape index (κ1) is 12.5. The number of piperidine rings is 1. The Labute approximate surface area is 95.0 Å². The van der Waals surface area contributed by atoms with Gasteiger partial charge in [-0.15, -0.1) is 0 Å². The first-order chi connectivity index (χ1) is 7.61. The normalized spacial score (nSPS) is 22.1. The predicted octanol–water partition coefficient (Wildman–Crippen LogP) is 0.700. The quantitative estimate of drug-likeness (QED) is 0.647. The molecule has 0 radical (unpaired) electrons. The molecule has 0 aromatic carbocycles. The number of amides is 1. The smallest absolute Gasteiger partial charge is 0.328 e. The zero-order valence-electron chi connectivity index (χ0n) is 9.60. The summed E-state index contributed by atoms with van der Waals surface area (Å²) in [4.78, 5) is 24.8. The second-order valence-corrected chi connectivity index (χ2v) is 3.92. The van der Waals surface area contributed by atoms with Gasteiger partial charge in [-0.2, -0.15) is 5.26 Å². The zero-order chi connectivity index (χ0) is 12.1. The lowest BCUT2D eigenvalue weighted by atomic mass is 10.00. The van der Waals surface area contributed by atoms with Crippen LogP contribution in [0.15, 0.2) is 0 Å². The molecule has 1 aliphatic heterocycles. The molecular weight excluding hydrogens is 208 g/mol. The average Bonchev–Trinajstić information content (AvgIpc) is 2.35. The SMILES string of the molecule is COC(=O)C1CCCCN1C(=O)C(C)C#N. The molecule has 1 amide bonds. The second kappa shape index (κ2) is 5.50. The molecule has 0 aliphatic carbocycles. The molecule has 1 aliphatic rings. The topological polar surface area (TPSA) is 70.4 Å². The van der Waals surface area contributed by atoms with Crippen LogP contribution < -0.4 is 0 Å².